The first-order valence-electron chi connectivity index (χ1n) is 5.16. The van der Waals surface area contributed by atoms with Crippen LogP contribution in [0.5, 0.6) is 0 Å². The average molecular weight is 247 g/mol. The molecule has 0 radical (unpaired) electrons. The van der Waals surface area contributed by atoms with Gasteiger partial charge in [0, 0.05) is 18.8 Å². The van der Waals surface area contributed by atoms with Crippen molar-refractivity contribution in [1.82, 2.24) is 4.98 Å². The fourth-order valence-electron chi connectivity index (χ4n) is 1.50. The molecule has 2 heterocycles. The molecule has 0 aliphatic rings. The van der Waals surface area contributed by atoms with Gasteiger partial charge in [-0.3, -0.25) is 0 Å². The normalized spacial score (nSPS) is 10.2. The zero-order chi connectivity index (χ0) is 12.3. The van der Waals surface area contributed by atoms with Gasteiger partial charge in [0.25, 0.3) is 0 Å². The van der Waals surface area contributed by atoms with Gasteiger partial charge in [-0.15, -0.1) is 0 Å². The first-order valence-corrected chi connectivity index (χ1v) is 5.57. The Morgan fingerprint density at radius 3 is 3.00 bits per heavy atom. The zero-order valence-corrected chi connectivity index (χ0v) is 10.3. The van der Waals surface area contributed by atoms with Gasteiger partial charge in [0.05, 0.1) is 12.8 Å². The van der Waals surface area contributed by atoms with Crippen LogP contribution in [0, 0.1) is 0 Å². The Morgan fingerprint density at radius 2 is 2.35 bits per heavy atom. The number of furan rings is 1. The van der Waals surface area contributed by atoms with Crippen LogP contribution in [-0.4, -0.2) is 17.0 Å². The Hall–Kier alpha value is -1.88. The van der Waals surface area contributed by atoms with Gasteiger partial charge in [-0.1, -0.05) is 12.2 Å². The second-order valence-corrected chi connectivity index (χ2v) is 4.14. The number of thiocarbonyl (C=S) groups is 1. The van der Waals surface area contributed by atoms with Crippen LogP contribution >= 0.6 is 12.2 Å². The highest BCUT2D eigenvalue weighted by atomic mass is 32.1. The molecule has 0 saturated carbocycles. The number of hydrogen-bond donors (Lipinski definition) is 1. The van der Waals surface area contributed by atoms with E-state index in [0.717, 1.165) is 17.1 Å². The van der Waals surface area contributed by atoms with Gasteiger partial charge >= 0.3 is 0 Å². The molecule has 0 spiro atoms. The summed E-state index contributed by atoms with van der Waals surface area (Å²) in [6.07, 6.45) is 3.35. The Bertz CT molecular complexity index is 510. The highest BCUT2D eigenvalue weighted by Gasteiger charge is 2.06. The minimum atomic E-state index is 0.375. The number of hydrogen-bond acceptors (Lipinski definition) is 4. The molecule has 0 fully saturated rings. The maximum absolute atomic E-state index is 5.59. The SMILES string of the molecule is CN(Cc1ccco1)c1cc(C(N)=S)ccn1. The van der Waals surface area contributed by atoms with E-state index < -0.39 is 0 Å². The van der Waals surface area contributed by atoms with Crippen LogP contribution in [0.25, 0.3) is 0 Å². The molecule has 0 bridgehead atoms. The van der Waals surface area contributed by atoms with E-state index in [2.05, 4.69) is 4.98 Å². The maximum Gasteiger partial charge on any atom is 0.129 e. The van der Waals surface area contributed by atoms with Crippen molar-refractivity contribution in [2.75, 3.05) is 11.9 Å². The third-order valence-corrected chi connectivity index (χ3v) is 2.63. The van der Waals surface area contributed by atoms with E-state index in [-0.39, 0.29) is 0 Å². The van der Waals surface area contributed by atoms with Crippen LogP contribution in [0.4, 0.5) is 5.82 Å². The molecule has 4 nitrogen and oxygen atoms in total. The minimum absolute atomic E-state index is 0.375. The Morgan fingerprint density at radius 1 is 1.53 bits per heavy atom. The van der Waals surface area contributed by atoms with Crippen molar-refractivity contribution in [3.05, 3.63) is 48.0 Å². The number of anilines is 1. The van der Waals surface area contributed by atoms with Crippen LogP contribution in [0.2, 0.25) is 0 Å². The molecule has 88 valence electrons. The summed E-state index contributed by atoms with van der Waals surface area (Å²) in [6.45, 7) is 0.654. The van der Waals surface area contributed by atoms with Gasteiger partial charge < -0.3 is 15.1 Å². The number of nitrogens with two attached hydrogens (primary N) is 1. The van der Waals surface area contributed by atoms with E-state index in [1.807, 2.05) is 30.1 Å². The standard InChI is InChI=1S/C12H13N3OS/c1-15(8-10-3-2-6-16-10)11-7-9(12(13)17)4-5-14-11/h2-7H,8H2,1H3,(H2,13,17). The predicted molar refractivity (Wildman–Crippen MR) is 70.9 cm³/mol. The lowest BCUT2D eigenvalue weighted by atomic mass is 10.2. The second-order valence-electron chi connectivity index (χ2n) is 3.70. The highest BCUT2D eigenvalue weighted by Crippen LogP contribution is 2.14. The van der Waals surface area contributed by atoms with E-state index in [0.29, 0.717) is 11.5 Å². The van der Waals surface area contributed by atoms with Crippen molar-refractivity contribution in [3.63, 3.8) is 0 Å². The molecular weight excluding hydrogens is 234 g/mol. The van der Waals surface area contributed by atoms with Crippen molar-refractivity contribution in [3.8, 4) is 0 Å². The van der Waals surface area contributed by atoms with Crippen LogP contribution in [0.1, 0.15) is 11.3 Å². The predicted octanol–water partition coefficient (Wildman–Crippen LogP) is 1.95. The lowest BCUT2D eigenvalue weighted by Crippen LogP contribution is -2.18. The van der Waals surface area contributed by atoms with Crippen molar-refractivity contribution in [1.29, 1.82) is 0 Å². The number of aromatic nitrogens is 1. The smallest absolute Gasteiger partial charge is 0.129 e. The molecule has 2 N–H and O–H groups in total. The Kier molecular flexibility index (Phi) is 3.39. The molecule has 2 rings (SSSR count). The topological polar surface area (TPSA) is 55.3 Å². The fourth-order valence-corrected chi connectivity index (χ4v) is 1.62. The zero-order valence-electron chi connectivity index (χ0n) is 9.46. The molecule has 0 amide bonds. The van der Waals surface area contributed by atoms with E-state index in [4.69, 9.17) is 22.4 Å². The van der Waals surface area contributed by atoms with E-state index in [9.17, 15) is 0 Å². The summed E-state index contributed by atoms with van der Waals surface area (Å²) in [4.78, 5) is 6.62. The molecule has 0 aromatic carbocycles. The molecule has 2 aromatic heterocycles. The van der Waals surface area contributed by atoms with Crippen LogP contribution < -0.4 is 10.6 Å². The quantitative estimate of drug-likeness (QED) is 0.837. The second kappa shape index (κ2) is 4.97. The first kappa shape index (κ1) is 11.6. The summed E-state index contributed by atoms with van der Waals surface area (Å²) < 4.78 is 5.28. The van der Waals surface area contributed by atoms with Gasteiger partial charge in [-0.2, -0.15) is 0 Å². The molecule has 5 heteroatoms. The summed E-state index contributed by atoms with van der Waals surface area (Å²) >= 11 is 4.94. The third kappa shape index (κ3) is 2.82. The van der Waals surface area contributed by atoms with E-state index in [1.165, 1.54) is 0 Å². The van der Waals surface area contributed by atoms with Crippen LogP contribution in [-0.2, 0) is 6.54 Å². The van der Waals surface area contributed by atoms with Crippen LogP contribution in [0.3, 0.4) is 0 Å². The molecule has 0 aliphatic heterocycles. The molecule has 17 heavy (non-hydrogen) atoms. The van der Waals surface area contributed by atoms with Gasteiger partial charge in [0.1, 0.15) is 16.6 Å². The molecule has 0 saturated heterocycles. The lowest BCUT2D eigenvalue weighted by Gasteiger charge is -2.17. The number of pyridine rings is 1. The molecule has 0 unspecified atom stereocenters. The number of rotatable bonds is 4. The van der Waals surface area contributed by atoms with Gasteiger partial charge in [-0.05, 0) is 24.3 Å². The molecular formula is C12H13N3OS. The summed E-state index contributed by atoms with van der Waals surface area (Å²) in [5, 5.41) is 0. The minimum Gasteiger partial charge on any atom is -0.467 e. The largest absolute Gasteiger partial charge is 0.467 e. The average Bonchev–Trinajstić information content (AvgIpc) is 2.82. The lowest BCUT2D eigenvalue weighted by molar-refractivity contribution is 0.507. The van der Waals surface area contributed by atoms with Crippen molar-refractivity contribution >= 4 is 23.0 Å². The summed E-state index contributed by atoms with van der Waals surface area (Å²) in [5.41, 5.74) is 6.40. The first-order chi connectivity index (χ1) is 8.16. The molecule has 2 aromatic rings. The van der Waals surface area contributed by atoms with Crippen molar-refractivity contribution < 1.29 is 4.42 Å². The van der Waals surface area contributed by atoms with Gasteiger partial charge in [0.15, 0.2) is 0 Å². The third-order valence-electron chi connectivity index (χ3n) is 2.39. The Labute approximate surface area is 105 Å². The van der Waals surface area contributed by atoms with Gasteiger partial charge in [-0.25, -0.2) is 4.98 Å². The summed E-state index contributed by atoms with van der Waals surface area (Å²) in [5.74, 6) is 1.70. The van der Waals surface area contributed by atoms with Crippen molar-refractivity contribution in [2.24, 2.45) is 5.73 Å². The summed E-state index contributed by atoms with van der Waals surface area (Å²) in [6, 6.07) is 7.45. The van der Waals surface area contributed by atoms with E-state index in [1.54, 1.807) is 18.5 Å². The van der Waals surface area contributed by atoms with Gasteiger partial charge in [0.2, 0.25) is 0 Å². The monoisotopic (exact) mass is 247 g/mol. The van der Waals surface area contributed by atoms with Crippen molar-refractivity contribution in [2.45, 2.75) is 6.54 Å². The summed E-state index contributed by atoms with van der Waals surface area (Å²) in [7, 11) is 1.94. The Balaban J connectivity index is 2.16. The fraction of sp³-hybridized carbons (Fsp3) is 0.167. The molecule has 0 aliphatic carbocycles. The molecule has 0 atom stereocenters. The number of nitrogens with zero attached hydrogens (tertiary/aromatic N) is 2. The maximum atomic E-state index is 5.59. The van der Waals surface area contributed by atoms with E-state index >= 15 is 0 Å². The highest BCUT2D eigenvalue weighted by molar-refractivity contribution is 7.80. The van der Waals surface area contributed by atoms with Crippen LogP contribution in [0.15, 0.2) is 41.1 Å².